The van der Waals surface area contributed by atoms with Gasteiger partial charge in [-0.2, -0.15) is 4.31 Å². The first kappa shape index (κ1) is 15.3. The maximum Gasteiger partial charge on any atom is 0.235 e. The molecule has 0 bridgehead atoms. The van der Waals surface area contributed by atoms with E-state index in [1.165, 1.54) is 4.31 Å². The standard InChI is InChI=1S/C13H17ClN2O3S/c14-12-6-2-1-5-11(12)9-15-13(17)10-16-7-3-4-8-20(16,18)19/h1-2,5-6H,3-4,7-10H2,(H,15,17). The van der Waals surface area contributed by atoms with Gasteiger partial charge in [-0.25, -0.2) is 8.42 Å². The quantitative estimate of drug-likeness (QED) is 0.912. The summed E-state index contributed by atoms with van der Waals surface area (Å²) in [6, 6.07) is 7.22. The molecular weight excluding hydrogens is 300 g/mol. The number of carbonyl (C=O) groups excluding carboxylic acids is 1. The van der Waals surface area contributed by atoms with Crippen LogP contribution >= 0.6 is 11.6 Å². The van der Waals surface area contributed by atoms with Gasteiger partial charge in [-0.05, 0) is 24.5 Å². The average molecular weight is 317 g/mol. The van der Waals surface area contributed by atoms with Gasteiger partial charge in [0.2, 0.25) is 15.9 Å². The Morgan fingerprint density at radius 3 is 2.75 bits per heavy atom. The fourth-order valence-corrected chi connectivity index (χ4v) is 3.82. The molecule has 0 radical (unpaired) electrons. The van der Waals surface area contributed by atoms with Crippen molar-refractivity contribution in [3.8, 4) is 0 Å². The predicted molar refractivity (Wildman–Crippen MR) is 77.9 cm³/mol. The van der Waals surface area contributed by atoms with Crippen molar-refractivity contribution in [2.75, 3.05) is 18.8 Å². The minimum atomic E-state index is -3.26. The molecule has 20 heavy (non-hydrogen) atoms. The lowest BCUT2D eigenvalue weighted by Crippen LogP contribution is -2.44. The topological polar surface area (TPSA) is 66.5 Å². The molecule has 0 spiro atoms. The first-order valence-corrected chi connectivity index (χ1v) is 8.46. The van der Waals surface area contributed by atoms with E-state index >= 15 is 0 Å². The Morgan fingerprint density at radius 2 is 2.05 bits per heavy atom. The molecule has 0 unspecified atom stereocenters. The largest absolute Gasteiger partial charge is 0.351 e. The van der Waals surface area contributed by atoms with E-state index in [2.05, 4.69) is 5.32 Å². The van der Waals surface area contributed by atoms with Crippen LogP contribution in [0.5, 0.6) is 0 Å². The van der Waals surface area contributed by atoms with Crippen LogP contribution in [0, 0.1) is 0 Å². The number of carbonyl (C=O) groups is 1. The lowest BCUT2D eigenvalue weighted by Gasteiger charge is -2.25. The first-order chi connectivity index (χ1) is 9.49. The van der Waals surface area contributed by atoms with Crippen LogP contribution in [0.15, 0.2) is 24.3 Å². The highest BCUT2D eigenvalue weighted by atomic mass is 35.5. The second-order valence-electron chi connectivity index (χ2n) is 4.72. The van der Waals surface area contributed by atoms with Gasteiger partial charge in [0.25, 0.3) is 0 Å². The third kappa shape index (κ3) is 3.94. The van der Waals surface area contributed by atoms with Crippen LogP contribution in [0.4, 0.5) is 0 Å². The van der Waals surface area contributed by atoms with E-state index in [9.17, 15) is 13.2 Å². The average Bonchev–Trinajstić information content (AvgIpc) is 2.40. The SMILES string of the molecule is O=C(CN1CCCCS1(=O)=O)NCc1ccccc1Cl. The molecule has 1 aliphatic heterocycles. The molecule has 1 fully saturated rings. The third-order valence-corrected chi connectivity index (χ3v) is 5.48. The molecule has 5 nitrogen and oxygen atoms in total. The van der Waals surface area contributed by atoms with Gasteiger partial charge in [0.05, 0.1) is 12.3 Å². The van der Waals surface area contributed by atoms with E-state index in [4.69, 9.17) is 11.6 Å². The van der Waals surface area contributed by atoms with Gasteiger partial charge in [0.1, 0.15) is 0 Å². The van der Waals surface area contributed by atoms with Crippen molar-refractivity contribution in [3.63, 3.8) is 0 Å². The summed E-state index contributed by atoms with van der Waals surface area (Å²) in [5.41, 5.74) is 0.809. The number of hydrogen-bond acceptors (Lipinski definition) is 3. The number of amides is 1. The zero-order valence-corrected chi connectivity index (χ0v) is 12.6. The first-order valence-electron chi connectivity index (χ1n) is 6.47. The van der Waals surface area contributed by atoms with E-state index in [0.29, 0.717) is 24.5 Å². The lowest BCUT2D eigenvalue weighted by molar-refractivity contribution is -0.121. The monoisotopic (exact) mass is 316 g/mol. The van der Waals surface area contributed by atoms with Crippen LogP contribution in [0.2, 0.25) is 5.02 Å². The maximum atomic E-state index is 11.8. The summed E-state index contributed by atoms with van der Waals surface area (Å²) in [6.45, 7) is 0.598. The van der Waals surface area contributed by atoms with Crippen LogP contribution in [-0.2, 0) is 21.4 Å². The maximum absolute atomic E-state index is 11.8. The fourth-order valence-electron chi connectivity index (χ4n) is 2.07. The fraction of sp³-hybridized carbons (Fsp3) is 0.462. The predicted octanol–water partition coefficient (Wildman–Crippen LogP) is 1.38. The lowest BCUT2D eigenvalue weighted by atomic mass is 10.2. The van der Waals surface area contributed by atoms with E-state index < -0.39 is 10.0 Å². The van der Waals surface area contributed by atoms with Crippen LogP contribution in [0.1, 0.15) is 18.4 Å². The highest BCUT2D eigenvalue weighted by molar-refractivity contribution is 7.89. The highest BCUT2D eigenvalue weighted by Crippen LogP contribution is 2.15. The molecule has 1 saturated heterocycles. The number of rotatable bonds is 4. The van der Waals surface area contributed by atoms with E-state index in [-0.39, 0.29) is 18.2 Å². The van der Waals surface area contributed by atoms with E-state index in [1.54, 1.807) is 6.07 Å². The Hall–Kier alpha value is -1.11. The van der Waals surface area contributed by atoms with Crippen LogP contribution in [0.25, 0.3) is 0 Å². The Balaban J connectivity index is 1.88. The smallest absolute Gasteiger partial charge is 0.235 e. The summed E-state index contributed by atoms with van der Waals surface area (Å²) in [7, 11) is -3.26. The van der Waals surface area contributed by atoms with Gasteiger partial charge in [0, 0.05) is 18.1 Å². The Bertz CT molecular complexity index is 589. The van der Waals surface area contributed by atoms with Crippen molar-refractivity contribution >= 4 is 27.5 Å². The molecule has 2 rings (SSSR count). The summed E-state index contributed by atoms with van der Waals surface area (Å²) in [4.78, 5) is 11.8. The van der Waals surface area contributed by atoms with E-state index in [1.807, 2.05) is 18.2 Å². The van der Waals surface area contributed by atoms with Gasteiger partial charge in [-0.3, -0.25) is 4.79 Å². The third-order valence-electron chi connectivity index (χ3n) is 3.21. The Labute approximate surface area is 124 Å². The zero-order valence-electron chi connectivity index (χ0n) is 11.0. The number of nitrogens with one attached hydrogen (secondary N) is 1. The second kappa shape index (κ2) is 6.56. The van der Waals surface area contributed by atoms with Crippen LogP contribution < -0.4 is 5.32 Å². The van der Waals surface area contributed by atoms with Gasteiger partial charge >= 0.3 is 0 Å². The molecular formula is C13H17ClN2O3S. The van der Waals surface area contributed by atoms with Crippen molar-refractivity contribution in [2.45, 2.75) is 19.4 Å². The number of benzene rings is 1. The summed E-state index contributed by atoms with van der Waals surface area (Å²) in [5.74, 6) is -0.180. The molecule has 7 heteroatoms. The Kier molecular flexibility index (Phi) is 5.01. The molecule has 0 saturated carbocycles. The second-order valence-corrected chi connectivity index (χ2v) is 7.22. The molecule has 0 aromatic heterocycles. The van der Waals surface area contributed by atoms with Crippen LogP contribution in [0.3, 0.4) is 0 Å². The molecule has 1 N–H and O–H groups in total. The molecule has 1 aromatic rings. The summed E-state index contributed by atoms with van der Waals surface area (Å²) in [6.07, 6.45) is 1.47. The molecule has 1 amide bonds. The Morgan fingerprint density at radius 1 is 1.30 bits per heavy atom. The van der Waals surface area contributed by atoms with Crippen molar-refractivity contribution < 1.29 is 13.2 Å². The number of hydrogen-bond donors (Lipinski definition) is 1. The molecule has 1 aliphatic rings. The summed E-state index contributed by atoms with van der Waals surface area (Å²) in [5, 5.41) is 3.28. The van der Waals surface area contributed by atoms with E-state index in [0.717, 1.165) is 12.0 Å². The zero-order chi connectivity index (χ0) is 14.6. The van der Waals surface area contributed by atoms with Crippen LogP contribution in [-0.4, -0.2) is 37.5 Å². The number of halogens is 1. The normalized spacial score (nSPS) is 18.6. The van der Waals surface area contributed by atoms with Gasteiger partial charge in [-0.1, -0.05) is 29.8 Å². The van der Waals surface area contributed by atoms with Crippen molar-refractivity contribution in [3.05, 3.63) is 34.9 Å². The molecule has 110 valence electrons. The van der Waals surface area contributed by atoms with Gasteiger partial charge < -0.3 is 5.32 Å². The molecule has 1 heterocycles. The van der Waals surface area contributed by atoms with Crippen molar-refractivity contribution in [2.24, 2.45) is 0 Å². The molecule has 0 atom stereocenters. The van der Waals surface area contributed by atoms with Gasteiger partial charge in [-0.15, -0.1) is 0 Å². The summed E-state index contributed by atoms with van der Waals surface area (Å²) >= 11 is 5.99. The minimum absolute atomic E-state index is 0.118. The van der Waals surface area contributed by atoms with Crippen molar-refractivity contribution in [1.82, 2.24) is 9.62 Å². The molecule has 1 aromatic carbocycles. The summed E-state index contributed by atoms with van der Waals surface area (Å²) < 4.78 is 24.8. The number of sulfonamides is 1. The number of nitrogens with zero attached hydrogens (tertiary/aromatic N) is 1. The molecule has 0 aliphatic carbocycles. The minimum Gasteiger partial charge on any atom is -0.351 e. The van der Waals surface area contributed by atoms with Crippen molar-refractivity contribution in [1.29, 1.82) is 0 Å². The highest BCUT2D eigenvalue weighted by Gasteiger charge is 2.27. The van der Waals surface area contributed by atoms with Gasteiger partial charge in [0.15, 0.2) is 0 Å².